The molecule has 138 valence electrons. The summed E-state index contributed by atoms with van der Waals surface area (Å²) in [7, 11) is 0. The molecular weight excluding hydrogens is 342 g/mol. The SMILES string of the molecule is C[C@@H](NC(=O)c1nc2c(F)c(F)ccc2[nH]1)C(=O)N1CCC2(CC1)CC2. The van der Waals surface area contributed by atoms with Crippen LogP contribution in [0.25, 0.3) is 11.0 Å². The van der Waals surface area contributed by atoms with Crippen LogP contribution in [0.2, 0.25) is 0 Å². The molecule has 4 rings (SSSR count). The molecule has 2 aliphatic rings. The Labute approximate surface area is 149 Å². The number of imidazole rings is 1. The molecule has 1 saturated heterocycles. The van der Waals surface area contributed by atoms with E-state index in [1.54, 1.807) is 11.8 Å². The van der Waals surface area contributed by atoms with Crippen LogP contribution in [-0.4, -0.2) is 45.8 Å². The third-order valence-corrected chi connectivity index (χ3v) is 5.57. The van der Waals surface area contributed by atoms with Crippen LogP contribution in [0.4, 0.5) is 8.78 Å². The van der Waals surface area contributed by atoms with E-state index in [4.69, 9.17) is 0 Å². The molecule has 1 aliphatic carbocycles. The third-order valence-electron chi connectivity index (χ3n) is 5.57. The number of carbonyl (C=O) groups is 2. The summed E-state index contributed by atoms with van der Waals surface area (Å²) in [5.74, 6) is -3.05. The topological polar surface area (TPSA) is 78.1 Å². The standard InChI is InChI=1S/C18H20F2N4O2/c1-10(17(26)24-8-6-18(4-5-18)7-9-24)21-16(25)15-22-12-3-2-11(19)13(20)14(12)23-15/h2-3,10H,4-9H2,1H3,(H,21,25)(H,22,23)/t10-/m1/s1. The zero-order valence-electron chi connectivity index (χ0n) is 14.4. The minimum Gasteiger partial charge on any atom is -0.341 e. The first-order chi connectivity index (χ1) is 12.4. The number of amides is 2. The van der Waals surface area contributed by atoms with Gasteiger partial charge < -0.3 is 15.2 Å². The average molecular weight is 362 g/mol. The second kappa shape index (κ2) is 6.03. The monoisotopic (exact) mass is 362 g/mol. The summed E-state index contributed by atoms with van der Waals surface area (Å²) < 4.78 is 27.0. The van der Waals surface area contributed by atoms with Gasteiger partial charge in [-0.3, -0.25) is 9.59 Å². The summed E-state index contributed by atoms with van der Waals surface area (Å²) in [5, 5.41) is 2.58. The van der Waals surface area contributed by atoms with Gasteiger partial charge in [-0.1, -0.05) is 0 Å². The number of aromatic amines is 1. The second-order valence-electron chi connectivity index (χ2n) is 7.36. The number of likely N-dealkylation sites (tertiary alicyclic amines) is 1. The van der Waals surface area contributed by atoms with Crippen molar-refractivity contribution in [1.29, 1.82) is 0 Å². The van der Waals surface area contributed by atoms with Crippen LogP contribution in [0.15, 0.2) is 12.1 Å². The molecule has 26 heavy (non-hydrogen) atoms. The Morgan fingerprint density at radius 1 is 1.23 bits per heavy atom. The number of nitrogens with one attached hydrogen (secondary N) is 2. The molecule has 1 spiro atoms. The third kappa shape index (κ3) is 2.93. The van der Waals surface area contributed by atoms with Gasteiger partial charge in [0.1, 0.15) is 11.6 Å². The van der Waals surface area contributed by atoms with Crippen molar-refractivity contribution < 1.29 is 18.4 Å². The molecule has 2 fully saturated rings. The lowest BCUT2D eigenvalue weighted by atomic mass is 9.93. The van der Waals surface area contributed by atoms with Crippen LogP contribution >= 0.6 is 0 Å². The number of halogens is 2. The van der Waals surface area contributed by atoms with E-state index in [0.717, 1.165) is 18.9 Å². The van der Waals surface area contributed by atoms with Crippen LogP contribution in [-0.2, 0) is 4.79 Å². The van der Waals surface area contributed by atoms with Gasteiger partial charge in [0.25, 0.3) is 5.91 Å². The highest BCUT2D eigenvalue weighted by atomic mass is 19.2. The molecule has 1 aromatic carbocycles. The summed E-state index contributed by atoms with van der Waals surface area (Å²) in [6.45, 7) is 3.05. The van der Waals surface area contributed by atoms with E-state index in [2.05, 4.69) is 15.3 Å². The van der Waals surface area contributed by atoms with Gasteiger partial charge in [0.2, 0.25) is 5.91 Å². The van der Waals surface area contributed by atoms with Gasteiger partial charge in [-0.2, -0.15) is 0 Å². The van der Waals surface area contributed by atoms with Gasteiger partial charge in [0.15, 0.2) is 17.5 Å². The molecule has 2 amide bonds. The number of rotatable bonds is 3. The fourth-order valence-corrected chi connectivity index (χ4v) is 3.60. The fraction of sp³-hybridized carbons (Fsp3) is 0.500. The first-order valence-corrected chi connectivity index (χ1v) is 8.82. The van der Waals surface area contributed by atoms with Crippen molar-refractivity contribution >= 4 is 22.8 Å². The average Bonchev–Trinajstić information content (AvgIpc) is 3.23. The quantitative estimate of drug-likeness (QED) is 0.880. The van der Waals surface area contributed by atoms with Crippen molar-refractivity contribution in [3.8, 4) is 0 Å². The minimum absolute atomic E-state index is 0.137. The van der Waals surface area contributed by atoms with Gasteiger partial charge in [-0.15, -0.1) is 0 Å². The molecule has 2 heterocycles. The summed E-state index contributed by atoms with van der Waals surface area (Å²) in [4.78, 5) is 33.1. The Morgan fingerprint density at radius 3 is 2.58 bits per heavy atom. The summed E-state index contributed by atoms with van der Waals surface area (Å²) in [6, 6.07) is 1.56. The predicted molar refractivity (Wildman–Crippen MR) is 90.4 cm³/mol. The minimum atomic E-state index is -1.11. The second-order valence-corrected chi connectivity index (χ2v) is 7.36. The lowest BCUT2D eigenvalue weighted by molar-refractivity contribution is -0.134. The number of hydrogen-bond acceptors (Lipinski definition) is 3. The molecule has 0 unspecified atom stereocenters. The van der Waals surface area contributed by atoms with E-state index in [1.165, 1.54) is 18.9 Å². The fourth-order valence-electron chi connectivity index (χ4n) is 3.60. The normalized spacial score (nSPS) is 19.6. The zero-order valence-corrected chi connectivity index (χ0v) is 14.4. The highest BCUT2D eigenvalue weighted by Gasteiger charge is 2.45. The number of H-pyrrole nitrogens is 1. The Hall–Kier alpha value is -2.51. The number of piperidine rings is 1. The van der Waals surface area contributed by atoms with E-state index >= 15 is 0 Å². The van der Waals surface area contributed by atoms with Crippen LogP contribution in [0.3, 0.4) is 0 Å². The molecule has 8 heteroatoms. The van der Waals surface area contributed by atoms with Crippen LogP contribution in [0.1, 0.15) is 43.2 Å². The number of nitrogens with zero attached hydrogens (tertiary/aromatic N) is 2. The van der Waals surface area contributed by atoms with Crippen molar-refractivity contribution in [1.82, 2.24) is 20.2 Å². The molecule has 1 aromatic heterocycles. The van der Waals surface area contributed by atoms with Gasteiger partial charge in [-0.05, 0) is 50.2 Å². The molecule has 2 N–H and O–H groups in total. The lowest BCUT2D eigenvalue weighted by Crippen LogP contribution is -2.49. The van der Waals surface area contributed by atoms with Crippen molar-refractivity contribution in [2.75, 3.05) is 13.1 Å². The van der Waals surface area contributed by atoms with Crippen LogP contribution in [0.5, 0.6) is 0 Å². The van der Waals surface area contributed by atoms with Crippen LogP contribution < -0.4 is 5.32 Å². The molecular formula is C18H20F2N4O2. The molecule has 6 nitrogen and oxygen atoms in total. The van der Waals surface area contributed by atoms with E-state index < -0.39 is 23.6 Å². The van der Waals surface area contributed by atoms with Gasteiger partial charge in [-0.25, -0.2) is 13.8 Å². The maximum Gasteiger partial charge on any atom is 0.287 e. The highest BCUT2D eigenvalue weighted by molar-refractivity contribution is 5.97. The number of aromatic nitrogens is 2. The van der Waals surface area contributed by atoms with E-state index in [-0.39, 0.29) is 22.8 Å². The smallest absolute Gasteiger partial charge is 0.287 e. The van der Waals surface area contributed by atoms with Crippen molar-refractivity contribution in [3.63, 3.8) is 0 Å². The highest BCUT2D eigenvalue weighted by Crippen LogP contribution is 2.53. The Kier molecular flexibility index (Phi) is 3.93. The molecule has 0 radical (unpaired) electrons. The predicted octanol–water partition coefficient (Wildman–Crippen LogP) is 2.36. The Balaban J connectivity index is 1.42. The summed E-state index contributed by atoms with van der Waals surface area (Å²) >= 11 is 0. The summed E-state index contributed by atoms with van der Waals surface area (Å²) in [6.07, 6.45) is 4.55. The Bertz CT molecular complexity index is 881. The molecule has 1 atom stereocenters. The van der Waals surface area contributed by atoms with Crippen molar-refractivity contribution in [3.05, 3.63) is 29.6 Å². The van der Waals surface area contributed by atoms with E-state index in [1.807, 2.05) is 0 Å². The van der Waals surface area contributed by atoms with Gasteiger partial charge in [0.05, 0.1) is 5.52 Å². The summed E-state index contributed by atoms with van der Waals surface area (Å²) in [5.41, 5.74) is 0.454. The number of hydrogen-bond donors (Lipinski definition) is 2. The first kappa shape index (κ1) is 16.9. The molecule has 1 saturated carbocycles. The van der Waals surface area contributed by atoms with Gasteiger partial charge in [0, 0.05) is 13.1 Å². The zero-order chi connectivity index (χ0) is 18.5. The number of benzene rings is 1. The first-order valence-electron chi connectivity index (χ1n) is 8.82. The molecule has 2 aromatic rings. The van der Waals surface area contributed by atoms with Crippen molar-refractivity contribution in [2.45, 2.75) is 38.6 Å². The maximum absolute atomic E-state index is 13.7. The number of carbonyl (C=O) groups excluding carboxylic acids is 2. The van der Waals surface area contributed by atoms with E-state index in [9.17, 15) is 18.4 Å². The van der Waals surface area contributed by atoms with Gasteiger partial charge >= 0.3 is 0 Å². The largest absolute Gasteiger partial charge is 0.341 e. The van der Waals surface area contributed by atoms with E-state index in [0.29, 0.717) is 18.5 Å². The lowest BCUT2D eigenvalue weighted by Gasteiger charge is -2.33. The molecule has 1 aliphatic heterocycles. The van der Waals surface area contributed by atoms with Crippen LogP contribution in [0, 0.1) is 17.0 Å². The Morgan fingerprint density at radius 2 is 1.92 bits per heavy atom. The molecule has 0 bridgehead atoms. The number of fused-ring (bicyclic) bond motifs is 1. The maximum atomic E-state index is 13.7. The van der Waals surface area contributed by atoms with Crippen molar-refractivity contribution in [2.24, 2.45) is 5.41 Å².